The highest BCUT2D eigenvalue weighted by Crippen LogP contribution is 2.55. The molecule has 14 rings (SSSR count). The highest BCUT2D eigenvalue weighted by atomic mass is 32.1. The number of rotatable bonds is 1. The van der Waals surface area contributed by atoms with E-state index < -0.39 is 5.66 Å². The predicted octanol–water partition coefficient (Wildman–Crippen LogP) is 10.1. The van der Waals surface area contributed by atoms with Gasteiger partial charge in [-0.1, -0.05) is 71.4 Å². The number of hydrogen-bond donors (Lipinski definition) is 0. The maximum atomic E-state index is 2.65. The number of aromatic nitrogens is 5. The lowest BCUT2D eigenvalue weighted by Gasteiger charge is -2.33. The van der Waals surface area contributed by atoms with Gasteiger partial charge in [0, 0.05) is 43.3 Å². The third-order valence-corrected chi connectivity index (χ3v) is 13.9. The van der Waals surface area contributed by atoms with Gasteiger partial charge in [0.25, 0.3) is 0 Å². The monoisotopic (exact) mass is 695 g/mol. The van der Waals surface area contributed by atoms with E-state index in [2.05, 4.69) is 177 Å². The average molecular weight is 696 g/mol. The van der Waals surface area contributed by atoms with E-state index in [0.717, 1.165) is 0 Å². The molecule has 1 unspecified atom stereocenters. The lowest BCUT2D eigenvalue weighted by molar-refractivity contribution is -0.989. The Kier molecular flexibility index (Phi) is 4.49. The van der Waals surface area contributed by atoms with Gasteiger partial charge in [0.05, 0.1) is 39.6 Å². The molecular formula is C47H29N5S+2. The van der Waals surface area contributed by atoms with Crippen molar-refractivity contribution in [3.63, 3.8) is 0 Å². The molecule has 0 saturated heterocycles. The van der Waals surface area contributed by atoms with Gasteiger partial charge in [-0.15, -0.1) is 16.0 Å². The van der Waals surface area contributed by atoms with E-state index in [1.54, 1.807) is 0 Å². The zero-order valence-electron chi connectivity index (χ0n) is 28.9. The first kappa shape index (κ1) is 27.2. The second-order valence-corrected chi connectivity index (χ2v) is 16.1. The molecule has 6 aromatic carbocycles. The molecule has 0 N–H and O–H groups in total. The molecular weight excluding hydrogens is 667 g/mol. The maximum Gasteiger partial charge on any atom is 0.394 e. The summed E-state index contributed by atoms with van der Waals surface area (Å²) in [5, 5.41) is 7.79. The number of pyridine rings is 1. The fraction of sp³-hybridized carbons (Fsp3) is 0.0638. The quantitative estimate of drug-likeness (QED) is 0.153. The minimum atomic E-state index is -0.677. The Morgan fingerprint density at radius 3 is 2.08 bits per heavy atom. The van der Waals surface area contributed by atoms with Gasteiger partial charge in [-0.3, -0.25) is 0 Å². The smallest absolute Gasteiger partial charge is 0.307 e. The minimum Gasteiger partial charge on any atom is -0.307 e. The molecule has 1 atom stereocenters. The summed E-state index contributed by atoms with van der Waals surface area (Å²) < 4.78 is 15.6. The Hall–Kier alpha value is -6.50. The Morgan fingerprint density at radius 2 is 1.23 bits per heavy atom. The molecule has 5 aromatic heterocycles. The van der Waals surface area contributed by atoms with Crippen LogP contribution >= 0.6 is 11.3 Å². The Labute approximate surface area is 307 Å². The van der Waals surface area contributed by atoms with Crippen LogP contribution in [-0.4, -0.2) is 13.8 Å². The normalized spacial score (nSPS) is 16.2. The van der Waals surface area contributed by atoms with Crippen molar-refractivity contribution in [1.29, 1.82) is 0 Å². The van der Waals surface area contributed by atoms with Crippen molar-refractivity contribution in [3.8, 4) is 28.2 Å². The molecule has 0 amide bonds. The van der Waals surface area contributed by atoms with Crippen LogP contribution in [0.4, 0.5) is 0 Å². The summed E-state index contributed by atoms with van der Waals surface area (Å²) in [5.74, 6) is 0. The molecule has 0 bridgehead atoms. The van der Waals surface area contributed by atoms with Crippen molar-refractivity contribution >= 4 is 75.3 Å². The zero-order valence-corrected chi connectivity index (χ0v) is 29.7. The third kappa shape index (κ3) is 2.76. The van der Waals surface area contributed by atoms with Crippen LogP contribution in [0.5, 0.6) is 0 Å². The van der Waals surface area contributed by atoms with E-state index in [1.807, 2.05) is 11.3 Å². The first-order valence-corrected chi connectivity index (χ1v) is 19.2. The average Bonchev–Trinajstić information content (AvgIpc) is 3.97. The molecule has 3 aliphatic heterocycles. The van der Waals surface area contributed by atoms with Crippen molar-refractivity contribution in [2.24, 2.45) is 0 Å². The van der Waals surface area contributed by atoms with Gasteiger partial charge in [0.2, 0.25) is 5.69 Å². The van der Waals surface area contributed by atoms with Crippen LogP contribution in [0.2, 0.25) is 0 Å². The molecule has 0 radical (unpaired) electrons. The van der Waals surface area contributed by atoms with Crippen molar-refractivity contribution in [1.82, 2.24) is 13.8 Å². The van der Waals surface area contributed by atoms with Crippen LogP contribution in [0.15, 0.2) is 140 Å². The van der Waals surface area contributed by atoms with Crippen LogP contribution in [0.3, 0.4) is 0 Å². The fourth-order valence-corrected chi connectivity index (χ4v) is 12.1. The van der Waals surface area contributed by atoms with E-state index in [1.165, 1.54) is 115 Å². The van der Waals surface area contributed by atoms with Gasteiger partial charge in [-0.05, 0) is 79.2 Å². The second-order valence-electron chi connectivity index (χ2n) is 15.0. The summed E-state index contributed by atoms with van der Waals surface area (Å²) in [4.78, 5) is 0. The Morgan fingerprint density at radius 1 is 0.547 bits per heavy atom. The molecule has 0 saturated carbocycles. The number of thiophene rings is 1. The number of nitrogens with zero attached hydrogens (tertiary/aromatic N) is 5. The van der Waals surface area contributed by atoms with E-state index in [4.69, 9.17) is 0 Å². The van der Waals surface area contributed by atoms with Crippen LogP contribution in [0.1, 0.15) is 22.5 Å². The summed E-state index contributed by atoms with van der Waals surface area (Å²) in [7, 11) is 0. The largest absolute Gasteiger partial charge is 0.394 e. The van der Waals surface area contributed by atoms with Crippen LogP contribution < -0.4 is 9.25 Å². The summed E-state index contributed by atoms with van der Waals surface area (Å²) in [6.45, 7) is 4.68. The zero-order chi connectivity index (χ0) is 34.5. The van der Waals surface area contributed by atoms with Gasteiger partial charge < -0.3 is 4.57 Å². The molecule has 5 nitrogen and oxygen atoms in total. The number of benzene rings is 6. The predicted molar refractivity (Wildman–Crippen MR) is 214 cm³/mol. The molecule has 246 valence electrons. The van der Waals surface area contributed by atoms with E-state index in [-0.39, 0.29) is 0 Å². The summed E-state index contributed by atoms with van der Waals surface area (Å²) in [6, 6.07) is 50.1. The minimum absolute atomic E-state index is 0.677. The van der Waals surface area contributed by atoms with Crippen molar-refractivity contribution < 1.29 is 9.25 Å². The SMILES string of the molecule is Cc1c(-c2ccc3c(c2)sc2ccccc23)c(C)[n+]2n1-c1ccc3c4ccccc4n4c3c1C21c2c-4cccc2-n2c3ccccc3c3ccc[n+]1c32. The first-order valence-electron chi connectivity index (χ1n) is 18.4. The summed E-state index contributed by atoms with van der Waals surface area (Å²) in [6.07, 6.45) is 2.34. The number of fused-ring (bicyclic) bond motifs is 13. The molecule has 0 aliphatic carbocycles. The second kappa shape index (κ2) is 8.75. The van der Waals surface area contributed by atoms with Gasteiger partial charge in [0.15, 0.2) is 5.69 Å². The standard InChI is InChI=1S/C47H29N5S/c1-26-42(28-20-21-32-31-13-5-8-19-40(31)53-41(32)25-28)27(2)52-47-43-37(49-35-15-6-3-11-29(35)33-22-23-39(51(26)52)44(47)45(33)49)17-9-18-38(43)50-36-16-7-4-12-30(36)34-14-10-24-48(47)46(34)50/h3-25H,1-2H3/q+2. The summed E-state index contributed by atoms with van der Waals surface area (Å²) in [5.41, 5.74) is 15.8. The summed E-state index contributed by atoms with van der Waals surface area (Å²) >= 11 is 1.89. The molecule has 8 heterocycles. The molecule has 6 heteroatoms. The van der Waals surface area contributed by atoms with E-state index >= 15 is 0 Å². The van der Waals surface area contributed by atoms with E-state index in [0.29, 0.717) is 0 Å². The molecule has 1 spiro atoms. The van der Waals surface area contributed by atoms with Crippen molar-refractivity contribution in [2.45, 2.75) is 19.5 Å². The highest BCUT2D eigenvalue weighted by Gasteiger charge is 2.69. The van der Waals surface area contributed by atoms with Crippen molar-refractivity contribution in [2.75, 3.05) is 0 Å². The maximum absolute atomic E-state index is 2.65. The van der Waals surface area contributed by atoms with Gasteiger partial charge in [-0.25, -0.2) is 0 Å². The van der Waals surface area contributed by atoms with E-state index in [9.17, 15) is 0 Å². The highest BCUT2D eigenvalue weighted by molar-refractivity contribution is 7.25. The Bertz CT molecular complexity index is 3540. The first-order chi connectivity index (χ1) is 26.2. The van der Waals surface area contributed by atoms with Crippen LogP contribution in [-0.2, 0) is 5.66 Å². The number of hydrogen-bond acceptors (Lipinski definition) is 1. The Balaban J connectivity index is 1.21. The van der Waals surface area contributed by atoms with Crippen LogP contribution in [0.25, 0.3) is 92.1 Å². The van der Waals surface area contributed by atoms with Crippen molar-refractivity contribution in [3.05, 3.63) is 162 Å². The molecule has 3 aliphatic rings. The fourth-order valence-electron chi connectivity index (χ4n) is 11.0. The van der Waals surface area contributed by atoms with Crippen LogP contribution in [0, 0.1) is 13.8 Å². The number of para-hydroxylation sites is 2. The van der Waals surface area contributed by atoms with Gasteiger partial charge >= 0.3 is 11.3 Å². The third-order valence-electron chi connectivity index (χ3n) is 12.7. The molecule has 0 fully saturated rings. The molecule has 53 heavy (non-hydrogen) atoms. The van der Waals surface area contributed by atoms with Gasteiger partial charge in [0.1, 0.15) is 22.3 Å². The lowest BCUT2D eigenvalue weighted by Crippen LogP contribution is -2.77. The topological polar surface area (TPSA) is 22.5 Å². The van der Waals surface area contributed by atoms with Gasteiger partial charge in [-0.2, -0.15) is 9.13 Å². The lowest BCUT2D eigenvalue weighted by atomic mass is 9.82. The molecule has 11 aromatic rings.